The zero-order chi connectivity index (χ0) is 21.1. The van der Waals surface area contributed by atoms with E-state index >= 15 is 0 Å². The molecular weight excluding hydrogens is 400 g/mol. The standard InChI is InChI=1S/C19H22N2O7S/c1-10(21-16(23)11-5-3-4-6-12(11)17(21)24)18(25)28-9-14(22)20-13-7-8-29-15(13)19(26)27-2/h7-8,10-12H,3-6,9H2,1-2H3,(H,20,22)/t10-,11?,12?/m0/s1. The molecule has 0 bridgehead atoms. The van der Waals surface area contributed by atoms with Crippen LogP contribution in [-0.4, -0.2) is 54.3 Å². The van der Waals surface area contributed by atoms with E-state index in [1.165, 1.54) is 20.1 Å². The van der Waals surface area contributed by atoms with Crippen LogP contribution >= 0.6 is 11.3 Å². The summed E-state index contributed by atoms with van der Waals surface area (Å²) in [6, 6.07) is 0.433. The summed E-state index contributed by atoms with van der Waals surface area (Å²) in [5, 5.41) is 4.08. The Hall–Kier alpha value is -2.75. The molecule has 0 spiro atoms. The van der Waals surface area contributed by atoms with E-state index < -0.39 is 30.5 Å². The van der Waals surface area contributed by atoms with Crippen LogP contribution in [0.5, 0.6) is 0 Å². The van der Waals surface area contributed by atoms with E-state index in [9.17, 15) is 24.0 Å². The number of nitrogens with one attached hydrogen (secondary N) is 1. The molecule has 1 aromatic rings. The minimum absolute atomic E-state index is 0.219. The van der Waals surface area contributed by atoms with Crippen LogP contribution in [0.15, 0.2) is 11.4 Å². The lowest BCUT2D eigenvalue weighted by molar-refractivity contribution is -0.159. The molecule has 1 aliphatic carbocycles. The number of fused-ring (bicyclic) bond motifs is 1. The van der Waals surface area contributed by atoms with Crippen molar-refractivity contribution in [1.82, 2.24) is 4.90 Å². The molecule has 29 heavy (non-hydrogen) atoms. The fraction of sp³-hybridized carbons (Fsp3) is 0.526. The Morgan fingerprint density at radius 1 is 1.21 bits per heavy atom. The van der Waals surface area contributed by atoms with Gasteiger partial charge >= 0.3 is 11.9 Å². The zero-order valence-corrected chi connectivity index (χ0v) is 17.0. The van der Waals surface area contributed by atoms with Crippen molar-refractivity contribution >= 4 is 46.7 Å². The van der Waals surface area contributed by atoms with Gasteiger partial charge in [0.1, 0.15) is 10.9 Å². The number of rotatable bonds is 6. The largest absolute Gasteiger partial charge is 0.465 e. The molecule has 2 aliphatic rings. The Morgan fingerprint density at radius 2 is 1.83 bits per heavy atom. The molecule has 3 atom stereocenters. The summed E-state index contributed by atoms with van der Waals surface area (Å²) in [6.45, 7) is 0.810. The van der Waals surface area contributed by atoms with Gasteiger partial charge in [-0.3, -0.25) is 19.3 Å². The Bertz CT molecular complexity index is 825. The van der Waals surface area contributed by atoms with Crippen LogP contribution in [0, 0.1) is 11.8 Å². The predicted octanol–water partition coefficient (Wildman–Crippen LogP) is 1.58. The lowest BCUT2D eigenvalue weighted by Gasteiger charge is -2.21. The average Bonchev–Trinajstić information content (AvgIpc) is 3.28. The monoisotopic (exact) mass is 422 g/mol. The maximum atomic E-state index is 12.6. The van der Waals surface area contributed by atoms with Crippen molar-refractivity contribution in [2.24, 2.45) is 11.8 Å². The number of carbonyl (C=O) groups excluding carboxylic acids is 5. The van der Waals surface area contributed by atoms with Gasteiger partial charge in [-0.05, 0) is 31.2 Å². The summed E-state index contributed by atoms with van der Waals surface area (Å²) in [6.07, 6.45) is 3.09. The van der Waals surface area contributed by atoms with Gasteiger partial charge in [0.25, 0.3) is 5.91 Å². The zero-order valence-electron chi connectivity index (χ0n) is 16.1. The van der Waals surface area contributed by atoms with Gasteiger partial charge in [-0.15, -0.1) is 11.3 Å². The maximum absolute atomic E-state index is 12.6. The van der Waals surface area contributed by atoms with Crippen molar-refractivity contribution < 1.29 is 33.4 Å². The van der Waals surface area contributed by atoms with E-state index in [1.807, 2.05) is 0 Å². The second-order valence-corrected chi connectivity index (χ2v) is 7.95. The SMILES string of the molecule is COC(=O)c1sccc1NC(=O)COC(=O)[C@H](C)N1C(=O)C2CCCCC2C1=O. The van der Waals surface area contributed by atoms with E-state index in [0.717, 1.165) is 29.1 Å². The molecule has 1 saturated carbocycles. The maximum Gasteiger partial charge on any atom is 0.350 e. The summed E-state index contributed by atoms with van der Waals surface area (Å²) in [4.78, 5) is 62.3. The van der Waals surface area contributed by atoms with Crippen LogP contribution in [0.3, 0.4) is 0 Å². The number of esters is 2. The van der Waals surface area contributed by atoms with Crippen molar-refractivity contribution in [2.45, 2.75) is 38.6 Å². The molecule has 1 saturated heterocycles. The molecule has 2 fully saturated rings. The van der Waals surface area contributed by atoms with Gasteiger partial charge in [0.05, 0.1) is 24.6 Å². The molecule has 156 valence electrons. The number of thiophene rings is 1. The Labute approximate surface area is 171 Å². The highest BCUT2D eigenvalue weighted by molar-refractivity contribution is 7.12. The number of ether oxygens (including phenoxy) is 2. The highest BCUT2D eigenvalue weighted by Gasteiger charge is 2.51. The first-order valence-corrected chi connectivity index (χ1v) is 10.2. The van der Waals surface area contributed by atoms with Crippen molar-refractivity contribution in [1.29, 1.82) is 0 Å². The van der Waals surface area contributed by atoms with Gasteiger partial charge in [0.2, 0.25) is 11.8 Å². The van der Waals surface area contributed by atoms with E-state index in [4.69, 9.17) is 4.74 Å². The molecule has 1 aromatic heterocycles. The number of imide groups is 1. The molecule has 2 heterocycles. The number of amides is 3. The van der Waals surface area contributed by atoms with Crippen LogP contribution in [0.2, 0.25) is 0 Å². The van der Waals surface area contributed by atoms with Crippen molar-refractivity contribution in [3.8, 4) is 0 Å². The highest BCUT2D eigenvalue weighted by Crippen LogP contribution is 2.38. The van der Waals surface area contributed by atoms with Crippen LogP contribution in [0.25, 0.3) is 0 Å². The second kappa shape index (κ2) is 8.73. The van der Waals surface area contributed by atoms with Gasteiger partial charge in [-0.25, -0.2) is 9.59 Å². The van der Waals surface area contributed by atoms with E-state index in [2.05, 4.69) is 10.1 Å². The van der Waals surface area contributed by atoms with Gasteiger partial charge < -0.3 is 14.8 Å². The predicted molar refractivity (Wildman–Crippen MR) is 102 cm³/mol. The number of methoxy groups -OCH3 is 1. The van der Waals surface area contributed by atoms with Gasteiger partial charge in [-0.2, -0.15) is 0 Å². The van der Waals surface area contributed by atoms with Crippen molar-refractivity contribution in [2.75, 3.05) is 19.0 Å². The van der Waals surface area contributed by atoms with Crippen molar-refractivity contribution in [3.63, 3.8) is 0 Å². The second-order valence-electron chi connectivity index (χ2n) is 7.03. The van der Waals surface area contributed by atoms with Crippen LogP contribution in [-0.2, 0) is 28.7 Å². The number of carbonyl (C=O) groups is 5. The summed E-state index contributed by atoms with van der Waals surface area (Å²) in [5.41, 5.74) is 0.255. The molecule has 9 nitrogen and oxygen atoms in total. The van der Waals surface area contributed by atoms with Crippen LogP contribution in [0.1, 0.15) is 42.3 Å². The molecular formula is C19H22N2O7S. The van der Waals surface area contributed by atoms with Crippen LogP contribution < -0.4 is 5.32 Å². The number of anilines is 1. The highest BCUT2D eigenvalue weighted by atomic mass is 32.1. The van der Waals surface area contributed by atoms with Gasteiger partial charge in [0, 0.05) is 0 Å². The molecule has 0 radical (unpaired) electrons. The fourth-order valence-electron chi connectivity index (χ4n) is 3.78. The first-order valence-electron chi connectivity index (χ1n) is 9.34. The third-order valence-electron chi connectivity index (χ3n) is 5.26. The van der Waals surface area contributed by atoms with Crippen molar-refractivity contribution in [3.05, 3.63) is 16.3 Å². The van der Waals surface area contributed by atoms with Crippen LogP contribution in [0.4, 0.5) is 5.69 Å². The minimum atomic E-state index is -1.10. The van der Waals surface area contributed by atoms with E-state index in [1.54, 1.807) is 5.38 Å². The number of nitrogens with zero attached hydrogens (tertiary/aromatic N) is 1. The molecule has 3 rings (SSSR count). The Balaban J connectivity index is 1.56. The normalized spacial score (nSPS) is 22.1. The molecule has 1 N–H and O–H groups in total. The summed E-state index contributed by atoms with van der Waals surface area (Å²) in [5.74, 6) is -3.46. The number of hydrogen-bond acceptors (Lipinski definition) is 8. The van der Waals surface area contributed by atoms with Gasteiger partial charge in [-0.1, -0.05) is 12.8 Å². The molecule has 3 amide bonds. The van der Waals surface area contributed by atoms with Gasteiger partial charge in [0.15, 0.2) is 6.61 Å². The minimum Gasteiger partial charge on any atom is -0.465 e. The third-order valence-corrected chi connectivity index (χ3v) is 6.15. The number of hydrogen-bond donors (Lipinski definition) is 1. The molecule has 10 heteroatoms. The lowest BCUT2D eigenvalue weighted by Crippen LogP contribution is -2.45. The first kappa shape index (κ1) is 21.0. The lowest BCUT2D eigenvalue weighted by atomic mass is 9.81. The fourth-order valence-corrected chi connectivity index (χ4v) is 4.54. The Kier molecular flexibility index (Phi) is 6.31. The van der Waals surface area contributed by atoms with E-state index in [-0.39, 0.29) is 34.2 Å². The van der Waals surface area contributed by atoms with E-state index in [0.29, 0.717) is 12.8 Å². The molecule has 0 aromatic carbocycles. The number of likely N-dealkylation sites (tertiary alicyclic amines) is 1. The average molecular weight is 422 g/mol. The third kappa shape index (κ3) is 4.16. The molecule has 1 aliphatic heterocycles. The smallest absolute Gasteiger partial charge is 0.350 e. The summed E-state index contributed by atoms with van der Waals surface area (Å²) < 4.78 is 9.62. The quantitative estimate of drug-likeness (QED) is 0.546. The topological polar surface area (TPSA) is 119 Å². The summed E-state index contributed by atoms with van der Waals surface area (Å²) in [7, 11) is 1.23. The first-order chi connectivity index (χ1) is 13.8. The summed E-state index contributed by atoms with van der Waals surface area (Å²) >= 11 is 1.10. The Morgan fingerprint density at radius 3 is 2.41 bits per heavy atom. The molecule has 2 unspecified atom stereocenters.